The van der Waals surface area contributed by atoms with Crippen molar-refractivity contribution in [2.75, 3.05) is 5.88 Å². The summed E-state index contributed by atoms with van der Waals surface area (Å²) in [6, 6.07) is 14.7. The molecule has 1 unspecified atom stereocenters. The van der Waals surface area contributed by atoms with Crippen molar-refractivity contribution >= 4 is 29.1 Å². The van der Waals surface area contributed by atoms with Crippen LogP contribution in [0.25, 0.3) is 0 Å². The number of carbonyl (C=O) groups excluding carboxylic acids is 1. The molecule has 104 valence electrons. The zero-order valence-corrected chi connectivity index (χ0v) is 12.6. The molecule has 4 heteroatoms. The van der Waals surface area contributed by atoms with E-state index in [1.165, 1.54) is 0 Å². The molecule has 0 radical (unpaired) electrons. The van der Waals surface area contributed by atoms with Crippen molar-refractivity contribution in [1.82, 2.24) is 5.32 Å². The molecule has 0 fully saturated rings. The van der Waals surface area contributed by atoms with Crippen LogP contribution in [0.2, 0.25) is 5.02 Å². The summed E-state index contributed by atoms with van der Waals surface area (Å²) in [7, 11) is 0. The lowest BCUT2D eigenvalue weighted by molar-refractivity contribution is 0.0940. The van der Waals surface area contributed by atoms with Crippen LogP contribution in [-0.4, -0.2) is 11.8 Å². The number of carbonyl (C=O) groups is 1. The van der Waals surface area contributed by atoms with E-state index < -0.39 is 0 Å². The van der Waals surface area contributed by atoms with Crippen molar-refractivity contribution in [2.24, 2.45) is 0 Å². The Labute approximate surface area is 128 Å². The molecule has 2 aromatic rings. The maximum absolute atomic E-state index is 12.2. The molecule has 2 aromatic carbocycles. The third kappa shape index (κ3) is 3.53. The Balaban J connectivity index is 2.15. The summed E-state index contributed by atoms with van der Waals surface area (Å²) in [4.78, 5) is 12.2. The number of hydrogen-bond acceptors (Lipinski definition) is 1. The van der Waals surface area contributed by atoms with Gasteiger partial charge in [-0.05, 0) is 36.2 Å². The minimum Gasteiger partial charge on any atom is -0.344 e. The van der Waals surface area contributed by atoms with Gasteiger partial charge in [0.15, 0.2) is 0 Å². The molecule has 1 amide bonds. The van der Waals surface area contributed by atoms with Gasteiger partial charge in [-0.1, -0.05) is 41.9 Å². The number of hydrogen-bond donors (Lipinski definition) is 1. The maximum atomic E-state index is 12.2. The van der Waals surface area contributed by atoms with Crippen molar-refractivity contribution in [2.45, 2.75) is 13.0 Å². The highest BCUT2D eigenvalue weighted by atomic mass is 35.5. The van der Waals surface area contributed by atoms with Crippen LogP contribution in [0.15, 0.2) is 48.5 Å². The van der Waals surface area contributed by atoms with E-state index in [9.17, 15) is 4.79 Å². The van der Waals surface area contributed by atoms with Crippen molar-refractivity contribution in [3.05, 3.63) is 70.2 Å². The van der Waals surface area contributed by atoms with E-state index in [-0.39, 0.29) is 11.9 Å². The van der Waals surface area contributed by atoms with Gasteiger partial charge in [0.05, 0.1) is 6.04 Å². The first kappa shape index (κ1) is 14.9. The lowest BCUT2D eigenvalue weighted by atomic mass is 10.1. The molecule has 0 aliphatic rings. The zero-order chi connectivity index (χ0) is 14.5. The van der Waals surface area contributed by atoms with Crippen LogP contribution in [0.1, 0.15) is 27.5 Å². The number of aryl methyl sites for hydroxylation is 1. The summed E-state index contributed by atoms with van der Waals surface area (Å²) < 4.78 is 0. The first-order chi connectivity index (χ1) is 9.61. The summed E-state index contributed by atoms with van der Waals surface area (Å²) in [5.74, 6) is 0.168. The van der Waals surface area contributed by atoms with Gasteiger partial charge in [-0.2, -0.15) is 0 Å². The predicted molar refractivity (Wildman–Crippen MR) is 83.6 cm³/mol. The lowest BCUT2D eigenvalue weighted by Crippen LogP contribution is -2.29. The Kier molecular flexibility index (Phi) is 5.05. The molecule has 2 nitrogen and oxygen atoms in total. The van der Waals surface area contributed by atoms with E-state index in [0.717, 1.165) is 11.1 Å². The molecule has 20 heavy (non-hydrogen) atoms. The Hall–Kier alpha value is -1.51. The van der Waals surface area contributed by atoms with E-state index in [4.69, 9.17) is 23.2 Å². The van der Waals surface area contributed by atoms with Crippen LogP contribution in [0.5, 0.6) is 0 Å². The minimum absolute atomic E-state index is 0.153. The molecule has 0 saturated carbocycles. The van der Waals surface area contributed by atoms with Crippen LogP contribution < -0.4 is 5.32 Å². The molecular weight excluding hydrogens is 293 g/mol. The topological polar surface area (TPSA) is 29.1 Å². The summed E-state index contributed by atoms with van der Waals surface area (Å²) in [6.45, 7) is 1.87. The Morgan fingerprint density at radius 1 is 1.20 bits per heavy atom. The van der Waals surface area contributed by atoms with Gasteiger partial charge in [-0.3, -0.25) is 4.79 Å². The first-order valence-electron chi connectivity index (χ1n) is 6.29. The van der Waals surface area contributed by atoms with E-state index in [1.54, 1.807) is 18.2 Å². The van der Waals surface area contributed by atoms with Gasteiger partial charge in [0.25, 0.3) is 5.91 Å². The van der Waals surface area contributed by atoms with E-state index in [0.29, 0.717) is 16.5 Å². The molecule has 2 rings (SSSR count). The van der Waals surface area contributed by atoms with Crippen molar-refractivity contribution in [1.29, 1.82) is 0 Å². The number of halogens is 2. The van der Waals surface area contributed by atoms with Gasteiger partial charge < -0.3 is 5.32 Å². The third-order valence-corrected chi connectivity index (χ3v) is 3.81. The van der Waals surface area contributed by atoms with Crippen molar-refractivity contribution < 1.29 is 4.79 Å². The average molecular weight is 308 g/mol. The number of alkyl halides is 1. The monoisotopic (exact) mass is 307 g/mol. The van der Waals surface area contributed by atoms with Crippen molar-refractivity contribution in [3.63, 3.8) is 0 Å². The van der Waals surface area contributed by atoms with Crippen LogP contribution in [0.4, 0.5) is 0 Å². The minimum atomic E-state index is -0.207. The maximum Gasteiger partial charge on any atom is 0.251 e. The van der Waals surface area contributed by atoms with Gasteiger partial charge >= 0.3 is 0 Å². The highest BCUT2D eigenvalue weighted by Gasteiger charge is 2.15. The number of amides is 1. The average Bonchev–Trinajstić information content (AvgIpc) is 2.48. The molecule has 0 saturated heterocycles. The second-order valence-electron chi connectivity index (χ2n) is 4.55. The largest absolute Gasteiger partial charge is 0.344 e. The standard InChI is InChI=1S/C16H15Cl2NO/c1-11-9-13(7-8-14(11)18)16(20)19-15(10-17)12-5-3-2-4-6-12/h2-9,15H,10H2,1H3,(H,19,20). The molecule has 1 N–H and O–H groups in total. The smallest absolute Gasteiger partial charge is 0.251 e. The van der Waals surface area contributed by atoms with Crippen molar-refractivity contribution in [3.8, 4) is 0 Å². The molecule has 1 atom stereocenters. The highest BCUT2D eigenvalue weighted by Crippen LogP contribution is 2.18. The Morgan fingerprint density at radius 2 is 1.90 bits per heavy atom. The van der Waals surface area contributed by atoms with Crippen LogP contribution in [-0.2, 0) is 0 Å². The fourth-order valence-electron chi connectivity index (χ4n) is 1.92. The Morgan fingerprint density at radius 3 is 2.50 bits per heavy atom. The van der Waals surface area contributed by atoms with E-state index in [1.807, 2.05) is 37.3 Å². The SMILES string of the molecule is Cc1cc(C(=O)NC(CCl)c2ccccc2)ccc1Cl. The van der Waals surface area contributed by atoms with Crippen LogP contribution in [0.3, 0.4) is 0 Å². The molecule has 0 aromatic heterocycles. The summed E-state index contributed by atoms with van der Waals surface area (Å²) in [5.41, 5.74) is 2.45. The second-order valence-corrected chi connectivity index (χ2v) is 5.27. The molecule has 0 spiro atoms. The summed E-state index contributed by atoms with van der Waals surface area (Å²) >= 11 is 11.9. The highest BCUT2D eigenvalue weighted by molar-refractivity contribution is 6.31. The van der Waals surface area contributed by atoms with Gasteiger partial charge in [0, 0.05) is 16.5 Å². The summed E-state index contributed by atoms with van der Waals surface area (Å²) in [5, 5.41) is 3.58. The molecular formula is C16H15Cl2NO. The first-order valence-corrected chi connectivity index (χ1v) is 7.21. The Bertz CT molecular complexity index is 599. The van der Waals surface area contributed by atoms with Crippen LogP contribution >= 0.6 is 23.2 Å². The molecule has 0 aliphatic carbocycles. The van der Waals surface area contributed by atoms with Gasteiger partial charge in [-0.25, -0.2) is 0 Å². The quantitative estimate of drug-likeness (QED) is 0.836. The molecule has 0 heterocycles. The van der Waals surface area contributed by atoms with E-state index in [2.05, 4.69) is 5.32 Å². The number of nitrogens with one attached hydrogen (secondary N) is 1. The normalized spacial score (nSPS) is 11.9. The zero-order valence-electron chi connectivity index (χ0n) is 11.1. The molecule has 0 bridgehead atoms. The fraction of sp³-hybridized carbons (Fsp3) is 0.188. The van der Waals surface area contributed by atoms with Gasteiger partial charge in [0.2, 0.25) is 0 Å². The van der Waals surface area contributed by atoms with Gasteiger partial charge in [0.1, 0.15) is 0 Å². The predicted octanol–water partition coefficient (Wildman–Crippen LogP) is 4.36. The lowest BCUT2D eigenvalue weighted by Gasteiger charge is -2.16. The number of rotatable bonds is 4. The van der Waals surface area contributed by atoms with Gasteiger partial charge in [-0.15, -0.1) is 11.6 Å². The number of benzene rings is 2. The fourth-order valence-corrected chi connectivity index (χ4v) is 2.30. The van der Waals surface area contributed by atoms with E-state index >= 15 is 0 Å². The summed E-state index contributed by atoms with van der Waals surface area (Å²) in [6.07, 6.45) is 0. The van der Waals surface area contributed by atoms with Crippen LogP contribution in [0, 0.1) is 6.92 Å². The third-order valence-electron chi connectivity index (χ3n) is 3.08. The second kappa shape index (κ2) is 6.78. The molecule has 0 aliphatic heterocycles.